The van der Waals surface area contributed by atoms with Crippen molar-refractivity contribution in [3.8, 4) is 5.75 Å². The summed E-state index contributed by atoms with van der Waals surface area (Å²) in [5.74, 6) is 0.833. The largest absolute Gasteiger partial charge is 0.497 e. The van der Waals surface area contributed by atoms with Crippen molar-refractivity contribution in [2.24, 2.45) is 0 Å². The Bertz CT molecular complexity index is 775. The number of nitrogens with zero attached hydrogens (tertiary/aromatic N) is 1. The number of nitrogens with one attached hydrogen (secondary N) is 1. The van der Waals surface area contributed by atoms with E-state index in [9.17, 15) is 0 Å². The highest BCUT2D eigenvalue weighted by Crippen LogP contribution is 2.33. The molecule has 0 spiro atoms. The molecule has 0 saturated heterocycles. The lowest BCUT2D eigenvalue weighted by molar-refractivity contribution is 0.415. The lowest BCUT2D eigenvalue weighted by Gasteiger charge is -2.04. The number of anilines is 2. The molecule has 3 rings (SSSR count). The van der Waals surface area contributed by atoms with Crippen LogP contribution in [0.15, 0.2) is 36.4 Å². The number of thiazole rings is 1. The molecule has 1 aromatic heterocycles. The van der Waals surface area contributed by atoms with Crippen LogP contribution in [0.2, 0.25) is 5.02 Å². The van der Waals surface area contributed by atoms with Gasteiger partial charge in [-0.25, -0.2) is 4.98 Å². The van der Waals surface area contributed by atoms with Gasteiger partial charge in [0.25, 0.3) is 0 Å². The van der Waals surface area contributed by atoms with E-state index < -0.39 is 0 Å². The molecule has 3 nitrogen and oxygen atoms in total. The first kappa shape index (κ1) is 13.9. The van der Waals surface area contributed by atoms with Crippen molar-refractivity contribution in [3.63, 3.8) is 0 Å². The van der Waals surface area contributed by atoms with E-state index in [2.05, 4.69) is 32.9 Å². The fraction of sp³-hybridized carbons (Fsp3) is 0.0714. The summed E-state index contributed by atoms with van der Waals surface area (Å²) in [7, 11) is 1.66. The van der Waals surface area contributed by atoms with Crippen molar-refractivity contribution < 1.29 is 4.74 Å². The van der Waals surface area contributed by atoms with Crippen LogP contribution >= 0.6 is 45.5 Å². The zero-order valence-corrected chi connectivity index (χ0v) is 14.2. The van der Waals surface area contributed by atoms with Gasteiger partial charge in [0.1, 0.15) is 5.75 Å². The summed E-state index contributed by atoms with van der Waals surface area (Å²) >= 11 is 10.0. The highest BCUT2D eigenvalue weighted by atomic mass is 127. The molecule has 0 aliphatic heterocycles. The van der Waals surface area contributed by atoms with Crippen molar-refractivity contribution in [1.29, 1.82) is 0 Å². The first-order valence-electron chi connectivity index (χ1n) is 5.82. The molecule has 6 heteroatoms. The van der Waals surface area contributed by atoms with E-state index >= 15 is 0 Å². The second-order valence-electron chi connectivity index (χ2n) is 4.10. The van der Waals surface area contributed by atoms with Crippen LogP contribution in [0.25, 0.3) is 10.2 Å². The molecule has 1 N–H and O–H groups in total. The molecule has 0 amide bonds. The van der Waals surface area contributed by atoms with Crippen molar-refractivity contribution in [1.82, 2.24) is 4.98 Å². The Hall–Kier alpha value is -1.05. The van der Waals surface area contributed by atoms with Gasteiger partial charge in [-0.2, -0.15) is 0 Å². The molecule has 3 aromatic rings. The smallest absolute Gasteiger partial charge is 0.188 e. The van der Waals surface area contributed by atoms with Gasteiger partial charge in [-0.1, -0.05) is 22.9 Å². The predicted octanol–water partition coefficient (Wildman–Crippen LogP) is 5.31. The third-order valence-corrected chi connectivity index (χ3v) is 4.69. The summed E-state index contributed by atoms with van der Waals surface area (Å²) in [6, 6.07) is 11.7. The van der Waals surface area contributed by atoms with Gasteiger partial charge in [-0.15, -0.1) is 0 Å². The second kappa shape index (κ2) is 5.75. The summed E-state index contributed by atoms with van der Waals surface area (Å²) in [4.78, 5) is 4.54. The monoisotopic (exact) mass is 416 g/mol. The molecule has 0 bridgehead atoms. The summed E-state index contributed by atoms with van der Waals surface area (Å²) in [6.45, 7) is 0. The van der Waals surface area contributed by atoms with Gasteiger partial charge < -0.3 is 10.1 Å². The van der Waals surface area contributed by atoms with Crippen LogP contribution in [0, 0.1) is 3.57 Å². The maximum atomic E-state index is 6.22. The van der Waals surface area contributed by atoms with Gasteiger partial charge in [0.15, 0.2) is 5.13 Å². The Morgan fingerprint density at radius 1 is 1.25 bits per heavy atom. The Labute approximate surface area is 139 Å². The molecule has 0 saturated carbocycles. The first-order chi connectivity index (χ1) is 9.65. The molecule has 1 heterocycles. The Balaban J connectivity index is 1.94. The molecule has 20 heavy (non-hydrogen) atoms. The third kappa shape index (κ3) is 2.84. The standard InChI is InChI=1S/C14H10ClIN2OS/c1-19-9-3-5-12-13(7-9)20-14(18-12)17-11-4-2-8(16)6-10(11)15/h2-7H,1H3,(H,17,18). The molecule has 102 valence electrons. The third-order valence-electron chi connectivity index (χ3n) is 2.77. The van der Waals surface area contributed by atoms with Gasteiger partial charge in [-0.05, 0) is 59.0 Å². The van der Waals surface area contributed by atoms with E-state index in [1.807, 2.05) is 36.4 Å². The number of halogens is 2. The van der Waals surface area contributed by atoms with E-state index in [1.54, 1.807) is 18.4 Å². The number of aromatic nitrogens is 1. The number of benzene rings is 2. The lowest BCUT2D eigenvalue weighted by atomic mass is 10.3. The fourth-order valence-electron chi connectivity index (χ4n) is 1.79. The minimum atomic E-state index is 0.689. The minimum Gasteiger partial charge on any atom is -0.497 e. The summed E-state index contributed by atoms with van der Waals surface area (Å²) in [6.07, 6.45) is 0. The summed E-state index contributed by atoms with van der Waals surface area (Å²) in [5.41, 5.74) is 1.80. The normalized spacial score (nSPS) is 10.8. The second-order valence-corrected chi connectivity index (χ2v) is 6.79. The molecule has 2 aromatic carbocycles. The fourth-order valence-corrected chi connectivity index (χ4v) is 3.60. The number of fused-ring (bicyclic) bond motifs is 1. The zero-order valence-electron chi connectivity index (χ0n) is 10.5. The number of hydrogen-bond acceptors (Lipinski definition) is 4. The molecule has 0 aliphatic rings. The van der Waals surface area contributed by atoms with Crippen molar-refractivity contribution >= 4 is 66.6 Å². The van der Waals surface area contributed by atoms with Crippen LogP contribution < -0.4 is 10.1 Å². The highest BCUT2D eigenvalue weighted by molar-refractivity contribution is 14.1. The molecular formula is C14H10ClIN2OS. The van der Waals surface area contributed by atoms with Gasteiger partial charge in [-0.3, -0.25) is 0 Å². The maximum Gasteiger partial charge on any atom is 0.188 e. The van der Waals surface area contributed by atoms with Gasteiger partial charge in [0.2, 0.25) is 0 Å². The number of hydrogen-bond donors (Lipinski definition) is 1. The van der Waals surface area contributed by atoms with Crippen LogP contribution in [-0.4, -0.2) is 12.1 Å². The molecule has 0 unspecified atom stereocenters. The maximum absolute atomic E-state index is 6.22. The van der Waals surface area contributed by atoms with Crippen LogP contribution in [0.1, 0.15) is 0 Å². The van der Waals surface area contributed by atoms with E-state index in [0.29, 0.717) is 5.02 Å². The van der Waals surface area contributed by atoms with Crippen molar-refractivity contribution in [2.45, 2.75) is 0 Å². The quantitative estimate of drug-likeness (QED) is 0.588. The van der Waals surface area contributed by atoms with Gasteiger partial charge in [0.05, 0.1) is 28.0 Å². The van der Waals surface area contributed by atoms with Crippen LogP contribution in [0.5, 0.6) is 5.75 Å². The Kier molecular flexibility index (Phi) is 4.00. The minimum absolute atomic E-state index is 0.689. The first-order valence-corrected chi connectivity index (χ1v) is 8.10. The lowest BCUT2D eigenvalue weighted by Crippen LogP contribution is -1.90. The summed E-state index contributed by atoms with van der Waals surface area (Å²) < 4.78 is 7.40. The van der Waals surface area contributed by atoms with Gasteiger partial charge in [0, 0.05) is 3.57 Å². The molecule has 0 atom stereocenters. The molecule has 0 radical (unpaired) electrons. The Morgan fingerprint density at radius 2 is 2.10 bits per heavy atom. The average Bonchev–Trinajstić information content (AvgIpc) is 2.83. The number of ether oxygens (including phenoxy) is 1. The molecule has 0 fully saturated rings. The van der Waals surface area contributed by atoms with E-state index in [4.69, 9.17) is 16.3 Å². The SMILES string of the molecule is COc1ccc2nc(Nc3ccc(I)cc3Cl)sc2c1. The average molecular weight is 417 g/mol. The van der Waals surface area contributed by atoms with Gasteiger partial charge >= 0.3 is 0 Å². The van der Waals surface area contributed by atoms with Crippen molar-refractivity contribution in [2.75, 3.05) is 12.4 Å². The molecular weight excluding hydrogens is 407 g/mol. The highest BCUT2D eigenvalue weighted by Gasteiger charge is 2.07. The van der Waals surface area contributed by atoms with E-state index in [-0.39, 0.29) is 0 Å². The predicted molar refractivity (Wildman–Crippen MR) is 93.6 cm³/mol. The van der Waals surface area contributed by atoms with Crippen LogP contribution in [-0.2, 0) is 0 Å². The van der Waals surface area contributed by atoms with E-state index in [0.717, 1.165) is 30.4 Å². The molecule has 0 aliphatic carbocycles. The number of rotatable bonds is 3. The zero-order chi connectivity index (χ0) is 14.1. The van der Waals surface area contributed by atoms with Crippen molar-refractivity contribution in [3.05, 3.63) is 45.0 Å². The summed E-state index contributed by atoms with van der Waals surface area (Å²) in [5, 5.41) is 4.76. The number of methoxy groups -OCH3 is 1. The van der Waals surface area contributed by atoms with Crippen LogP contribution in [0.4, 0.5) is 10.8 Å². The Morgan fingerprint density at radius 3 is 2.85 bits per heavy atom. The topological polar surface area (TPSA) is 34.1 Å². The van der Waals surface area contributed by atoms with E-state index in [1.165, 1.54) is 0 Å². The van der Waals surface area contributed by atoms with Crippen LogP contribution in [0.3, 0.4) is 0 Å².